The van der Waals surface area contributed by atoms with Gasteiger partial charge in [-0.1, -0.05) is 30.3 Å². The van der Waals surface area contributed by atoms with Gasteiger partial charge in [-0.25, -0.2) is 4.98 Å². The van der Waals surface area contributed by atoms with Gasteiger partial charge in [0.25, 0.3) is 0 Å². The molecule has 1 aliphatic rings. The first kappa shape index (κ1) is 15.9. The molecule has 4 rings (SSSR count). The van der Waals surface area contributed by atoms with Gasteiger partial charge < -0.3 is 20.7 Å². The molecule has 0 saturated carbocycles. The van der Waals surface area contributed by atoms with Crippen LogP contribution in [0.1, 0.15) is 11.8 Å². The molecule has 2 aromatic heterocycles. The summed E-state index contributed by atoms with van der Waals surface area (Å²) in [5.41, 5.74) is 6.91. The van der Waals surface area contributed by atoms with Crippen molar-refractivity contribution >= 4 is 17.0 Å². The lowest BCUT2D eigenvalue weighted by molar-refractivity contribution is -0.0345. The Labute approximate surface area is 141 Å². The number of fused-ring (bicyclic) bond motifs is 1. The van der Waals surface area contributed by atoms with E-state index in [0.29, 0.717) is 6.42 Å². The van der Waals surface area contributed by atoms with E-state index in [1.807, 2.05) is 30.3 Å². The third-order valence-electron chi connectivity index (χ3n) is 4.31. The van der Waals surface area contributed by atoms with Crippen LogP contribution in [0.3, 0.4) is 0 Å². The lowest BCUT2D eigenvalue weighted by atomic mass is 10.0. The standard InChI is InChI=1S/C16H16FN5O3/c17-16-20-13(18)10-14(21-16)22(7-19-10)15-12(24)11(23)9(25-15)6-8-4-2-1-3-5-8/h1-5,7,9,11-12,15,23-24H,6H2,(H2,18,20,21)/t9-,11+,12+,15?/m1/s1. The molecular formula is C16H16FN5O3. The molecule has 1 aromatic carbocycles. The molecule has 0 spiro atoms. The van der Waals surface area contributed by atoms with Gasteiger partial charge in [0.05, 0.1) is 12.4 Å². The first-order valence-corrected chi connectivity index (χ1v) is 7.75. The molecule has 9 heteroatoms. The van der Waals surface area contributed by atoms with Crippen molar-refractivity contribution in [2.75, 3.05) is 5.73 Å². The van der Waals surface area contributed by atoms with E-state index in [-0.39, 0.29) is 17.0 Å². The molecule has 1 aliphatic heterocycles. The second kappa shape index (κ2) is 6.03. The third-order valence-corrected chi connectivity index (χ3v) is 4.31. The van der Waals surface area contributed by atoms with Crippen LogP contribution in [0.4, 0.5) is 10.2 Å². The van der Waals surface area contributed by atoms with Crippen molar-refractivity contribution in [1.82, 2.24) is 19.5 Å². The summed E-state index contributed by atoms with van der Waals surface area (Å²) in [6.07, 6.45) is -3.14. The van der Waals surface area contributed by atoms with Gasteiger partial charge in [0.15, 0.2) is 23.2 Å². The van der Waals surface area contributed by atoms with Crippen LogP contribution >= 0.6 is 0 Å². The Balaban J connectivity index is 1.65. The fourth-order valence-electron chi connectivity index (χ4n) is 3.07. The van der Waals surface area contributed by atoms with E-state index >= 15 is 0 Å². The molecule has 1 saturated heterocycles. The fraction of sp³-hybridized carbons (Fsp3) is 0.312. The first-order chi connectivity index (χ1) is 12.0. The number of aliphatic hydroxyl groups excluding tert-OH is 2. The average Bonchev–Trinajstić information content (AvgIpc) is 3.12. The minimum absolute atomic E-state index is 0.0987. The molecule has 0 bridgehead atoms. The number of aliphatic hydroxyl groups is 2. The van der Waals surface area contributed by atoms with E-state index in [4.69, 9.17) is 10.5 Å². The van der Waals surface area contributed by atoms with Crippen molar-refractivity contribution in [2.24, 2.45) is 0 Å². The zero-order valence-corrected chi connectivity index (χ0v) is 13.0. The van der Waals surface area contributed by atoms with Crippen molar-refractivity contribution in [2.45, 2.75) is 31.0 Å². The summed E-state index contributed by atoms with van der Waals surface area (Å²) in [4.78, 5) is 11.1. The Morgan fingerprint density at radius 3 is 2.68 bits per heavy atom. The minimum atomic E-state index is -1.22. The van der Waals surface area contributed by atoms with Crippen LogP contribution in [0.2, 0.25) is 0 Å². The number of nitrogen functional groups attached to an aromatic ring is 1. The summed E-state index contributed by atoms with van der Waals surface area (Å²) in [5.74, 6) is -0.102. The lowest BCUT2D eigenvalue weighted by Gasteiger charge is -2.16. The van der Waals surface area contributed by atoms with Crippen LogP contribution in [-0.2, 0) is 11.2 Å². The molecule has 1 fully saturated rings. The predicted octanol–water partition coefficient (Wildman–Crippen LogP) is 0.409. The smallest absolute Gasteiger partial charge is 0.312 e. The first-order valence-electron chi connectivity index (χ1n) is 7.75. The van der Waals surface area contributed by atoms with Crippen molar-refractivity contribution in [3.05, 3.63) is 48.3 Å². The van der Waals surface area contributed by atoms with Crippen LogP contribution in [-0.4, -0.2) is 48.0 Å². The number of anilines is 1. The highest BCUT2D eigenvalue weighted by Gasteiger charge is 2.44. The van der Waals surface area contributed by atoms with E-state index < -0.39 is 30.6 Å². The van der Waals surface area contributed by atoms with Crippen molar-refractivity contribution in [3.8, 4) is 0 Å². The Bertz CT molecular complexity index is 903. The van der Waals surface area contributed by atoms with E-state index in [1.165, 1.54) is 10.9 Å². The number of ether oxygens (including phenoxy) is 1. The minimum Gasteiger partial charge on any atom is -0.388 e. The monoisotopic (exact) mass is 345 g/mol. The van der Waals surface area contributed by atoms with E-state index in [2.05, 4.69) is 15.0 Å². The highest BCUT2D eigenvalue weighted by Crippen LogP contribution is 2.33. The van der Waals surface area contributed by atoms with Gasteiger partial charge in [-0.15, -0.1) is 0 Å². The molecule has 0 radical (unpaired) electrons. The average molecular weight is 345 g/mol. The lowest BCUT2D eigenvalue weighted by Crippen LogP contribution is -2.32. The summed E-state index contributed by atoms with van der Waals surface area (Å²) in [6, 6.07) is 9.48. The Morgan fingerprint density at radius 2 is 1.92 bits per heavy atom. The summed E-state index contributed by atoms with van der Waals surface area (Å²) in [5, 5.41) is 20.7. The molecular weight excluding hydrogens is 329 g/mol. The number of nitrogens with two attached hydrogens (primary N) is 1. The molecule has 4 N–H and O–H groups in total. The summed E-state index contributed by atoms with van der Waals surface area (Å²) in [7, 11) is 0. The molecule has 3 aromatic rings. The molecule has 130 valence electrons. The molecule has 8 nitrogen and oxygen atoms in total. The molecule has 0 amide bonds. The molecule has 25 heavy (non-hydrogen) atoms. The maximum Gasteiger partial charge on any atom is 0.312 e. The van der Waals surface area contributed by atoms with Gasteiger partial charge in [-0.2, -0.15) is 14.4 Å². The maximum atomic E-state index is 13.5. The maximum absolute atomic E-state index is 13.5. The number of imidazole rings is 1. The molecule has 0 aliphatic carbocycles. The van der Waals surface area contributed by atoms with Crippen molar-refractivity contribution in [1.29, 1.82) is 0 Å². The zero-order valence-electron chi connectivity index (χ0n) is 13.0. The van der Waals surface area contributed by atoms with Gasteiger partial charge in [0.2, 0.25) is 0 Å². The summed E-state index contributed by atoms with van der Waals surface area (Å²) in [6.45, 7) is 0. The highest BCUT2D eigenvalue weighted by molar-refractivity contribution is 5.81. The van der Waals surface area contributed by atoms with E-state index in [1.54, 1.807) is 0 Å². The highest BCUT2D eigenvalue weighted by atomic mass is 19.1. The van der Waals surface area contributed by atoms with E-state index in [0.717, 1.165) is 5.56 Å². The van der Waals surface area contributed by atoms with E-state index in [9.17, 15) is 14.6 Å². The number of aromatic nitrogens is 4. The number of rotatable bonds is 3. The number of nitrogens with zero attached hydrogens (tertiary/aromatic N) is 4. The summed E-state index contributed by atoms with van der Waals surface area (Å²) >= 11 is 0. The van der Waals surface area contributed by atoms with Crippen LogP contribution in [0.5, 0.6) is 0 Å². The van der Waals surface area contributed by atoms with Crippen LogP contribution in [0.15, 0.2) is 36.7 Å². The van der Waals surface area contributed by atoms with Crippen LogP contribution < -0.4 is 5.73 Å². The number of halogens is 1. The Hall–Kier alpha value is -2.62. The molecule has 4 atom stereocenters. The number of hydrogen-bond donors (Lipinski definition) is 3. The second-order valence-electron chi connectivity index (χ2n) is 5.94. The van der Waals surface area contributed by atoms with Crippen molar-refractivity contribution in [3.63, 3.8) is 0 Å². The van der Waals surface area contributed by atoms with Gasteiger partial charge in [0, 0.05) is 6.42 Å². The molecule has 1 unspecified atom stereocenters. The van der Waals surface area contributed by atoms with Gasteiger partial charge >= 0.3 is 6.08 Å². The van der Waals surface area contributed by atoms with Gasteiger partial charge in [-0.3, -0.25) is 4.57 Å². The SMILES string of the molecule is Nc1nc(F)nc2c1ncn2C1O[C@H](Cc2ccccc2)[C@H](O)[C@@H]1O. The summed E-state index contributed by atoms with van der Waals surface area (Å²) < 4.78 is 20.7. The van der Waals surface area contributed by atoms with Crippen LogP contribution in [0.25, 0.3) is 11.2 Å². The number of benzene rings is 1. The second-order valence-corrected chi connectivity index (χ2v) is 5.94. The Morgan fingerprint density at radius 1 is 1.16 bits per heavy atom. The van der Waals surface area contributed by atoms with Gasteiger partial charge in [-0.05, 0) is 5.56 Å². The Kier molecular flexibility index (Phi) is 3.83. The van der Waals surface area contributed by atoms with Crippen LogP contribution in [0, 0.1) is 6.08 Å². The topological polar surface area (TPSA) is 119 Å². The van der Waals surface area contributed by atoms with Gasteiger partial charge in [0.1, 0.15) is 12.2 Å². The normalized spacial score (nSPS) is 26.4. The van der Waals surface area contributed by atoms with Crippen molar-refractivity contribution < 1.29 is 19.3 Å². The third kappa shape index (κ3) is 2.72. The number of hydrogen-bond acceptors (Lipinski definition) is 7. The fourth-order valence-corrected chi connectivity index (χ4v) is 3.07. The predicted molar refractivity (Wildman–Crippen MR) is 85.8 cm³/mol. The quantitative estimate of drug-likeness (QED) is 0.588. The largest absolute Gasteiger partial charge is 0.388 e. The zero-order chi connectivity index (χ0) is 17.6. The molecule has 3 heterocycles.